The van der Waals surface area contributed by atoms with E-state index in [2.05, 4.69) is 38.2 Å². The molecule has 1 heterocycles. The summed E-state index contributed by atoms with van der Waals surface area (Å²) in [4.78, 5) is 28.3. The van der Waals surface area contributed by atoms with Crippen molar-refractivity contribution in [3.8, 4) is 0 Å². The van der Waals surface area contributed by atoms with Crippen molar-refractivity contribution in [2.75, 3.05) is 11.1 Å². The lowest BCUT2D eigenvalue weighted by Gasteiger charge is -2.09. The Hall–Kier alpha value is -2.66. The number of anilines is 1. The van der Waals surface area contributed by atoms with E-state index in [1.165, 1.54) is 29.8 Å². The first kappa shape index (κ1) is 19.1. The van der Waals surface area contributed by atoms with Gasteiger partial charge in [-0.05, 0) is 68.3 Å². The molecule has 1 amide bonds. The molecule has 0 spiro atoms. The Morgan fingerprint density at radius 2 is 1.70 bits per heavy atom. The van der Waals surface area contributed by atoms with Crippen LogP contribution in [-0.4, -0.2) is 22.4 Å². The van der Waals surface area contributed by atoms with Crippen molar-refractivity contribution in [2.24, 2.45) is 0 Å². The molecule has 27 heavy (non-hydrogen) atoms. The topological polar surface area (TPSA) is 59.1 Å². The van der Waals surface area contributed by atoms with Gasteiger partial charge in [0, 0.05) is 23.6 Å². The number of nitrogens with one attached hydrogen (secondary N) is 1. The molecule has 3 rings (SSSR count). The smallest absolute Gasteiger partial charge is 0.221 e. The van der Waals surface area contributed by atoms with Gasteiger partial charge < -0.3 is 5.32 Å². The van der Waals surface area contributed by atoms with Gasteiger partial charge >= 0.3 is 0 Å². The minimum Gasteiger partial charge on any atom is -0.326 e. The lowest BCUT2D eigenvalue weighted by atomic mass is 10.0. The van der Waals surface area contributed by atoms with E-state index in [1.807, 2.05) is 6.07 Å². The van der Waals surface area contributed by atoms with Crippen LogP contribution in [0.2, 0.25) is 0 Å². The van der Waals surface area contributed by atoms with E-state index in [0.29, 0.717) is 17.0 Å². The number of aryl methyl sites for hydroxylation is 3. The Bertz CT molecular complexity index is 1030. The lowest BCUT2D eigenvalue weighted by molar-refractivity contribution is -0.114. The normalized spacial score (nSPS) is 10.8. The second kappa shape index (κ2) is 7.92. The molecule has 138 valence electrons. The Labute approximate surface area is 163 Å². The summed E-state index contributed by atoms with van der Waals surface area (Å²) in [5.41, 5.74) is 5.85. The lowest BCUT2D eigenvalue weighted by Crippen LogP contribution is -2.07. The van der Waals surface area contributed by atoms with Gasteiger partial charge in [-0.1, -0.05) is 23.4 Å². The number of benzene rings is 2. The van der Waals surface area contributed by atoms with E-state index >= 15 is 0 Å². The van der Waals surface area contributed by atoms with Crippen molar-refractivity contribution in [1.29, 1.82) is 0 Å². The fourth-order valence-electron chi connectivity index (χ4n) is 3.05. The van der Waals surface area contributed by atoms with Crippen LogP contribution in [0.4, 0.5) is 5.69 Å². The van der Waals surface area contributed by atoms with Crippen molar-refractivity contribution >= 4 is 40.0 Å². The van der Waals surface area contributed by atoms with E-state index in [4.69, 9.17) is 4.98 Å². The van der Waals surface area contributed by atoms with Crippen LogP contribution < -0.4 is 5.32 Å². The van der Waals surface area contributed by atoms with Crippen LogP contribution in [0.3, 0.4) is 0 Å². The van der Waals surface area contributed by atoms with Gasteiger partial charge in [-0.15, -0.1) is 0 Å². The van der Waals surface area contributed by atoms with Crippen molar-refractivity contribution in [3.63, 3.8) is 0 Å². The number of hydrogen-bond donors (Lipinski definition) is 1. The van der Waals surface area contributed by atoms with Crippen LogP contribution in [0.25, 0.3) is 10.9 Å². The molecule has 0 bridgehead atoms. The maximum atomic E-state index is 12.5. The second-order valence-electron chi connectivity index (χ2n) is 6.73. The highest BCUT2D eigenvalue weighted by Gasteiger charge is 2.11. The largest absolute Gasteiger partial charge is 0.326 e. The number of Topliss-reactive ketones (excluding diaryl/α,β-unsaturated/α-hetero) is 1. The molecule has 5 heteroatoms. The van der Waals surface area contributed by atoms with Gasteiger partial charge in [0.25, 0.3) is 0 Å². The monoisotopic (exact) mass is 378 g/mol. The van der Waals surface area contributed by atoms with Gasteiger partial charge in [0.1, 0.15) is 0 Å². The first-order valence-corrected chi connectivity index (χ1v) is 9.74. The Balaban J connectivity index is 1.74. The summed E-state index contributed by atoms with van der Waals surface area (Å²) in [6.45, 7) is 7.69. The highest BCUT2D eigenvalue weighted by molar-refractivity contribution is 7.99. The van der Waals surface area contributed by atoms with Crippen LogP contribution in [0.15, 0.2) is 47.5 Å². The third kappa shape index (κ3) is 4.55. The molecule has 0 aliphatic carbocycles. The molecule has 0 saturated carbocycles. The predicted octanol–water partition coefficient (Wildman–Crippen LogP) is 5.09. The Morgan fingerprint density at radius 3 is 2.37 bits per heavy atom. The fraction of sp³-hybridized carbons (Fsp3) is 0.227. The Morgan fingerprint density at radius 1 is 1.00 bits per heavy atom. The zero-order valence-electron chi connectivity index (χ0n) is 15.9. The minimum atomic E-state index is -0.132. The summed E-state index contributed by atoms with van der Waals surface area (Å²) in [7, 11) is 0. The molecule has 0 unspecified atom stereocenters. The number of carbonyl (C=O) groups excluding carboxylic acids is 2. The number of hydrogen-bond acceptors (Lipinski definition) is 4. The number of pyridine rings is 1. The zero-order valence-corrected chi connectivity index (χ0v) is 16.7. The standard InChI is InChI=1S/C22H22N2O2S/c1-13-9-15(3)22-19(10-13)14(2)11-21(24-22)27-12-20(26)17-5-7-18(8-6-17)23-16(4)25/h5-11H,12H2,1-4H3,(H,23,25). The minimum absolute atomic E-state index is 0.0366. The van der Waals surface area contributed by atoms with Crippen LogP contribution in [0, 0.1) is 20.8 Å². The summed E-state index contributed by atoms with van der Waals surface area (Å²) < 4.78 is 0. The summed E-state index contributed by atoms with van der Waals surface area (Å²) in [5, 5.41) is 4.72. The average molecular weight is 378 g/mol. The maximum absolute atomic E-state index is 12.5. The van der Waals surface area contributed by atoms with Crippen LogP contribution >= 0.6 is 11.8 Å². The van der Waals surface area contributed by atoms with Gasteiger partial charge in [0.05, 0.1) is 16.3 Å². The van der Waals surface area contributed by atoms with Crippen LogP contribution in [-0.2, 0) is 4.79 Å². The molecule has 4 nitrogen and oxygen atoms in total. The van der Waals surface area contributed by atoms with E-state index < -0.39 is 0 Å². The van der Waals surface area contributed by atoms with E-state index in [1.54, 1.807) is 24.3 Å². The third-order valence-electron chi connectivity index (χ3n) is 4.31. The van der Waals surface area contributed by atoms with Gasteiger partial charge in [0.15, 0.2) is 5.78 Å². The second-order valence-corrected chi connectivity index (χ2v) is 7.72. The molecule has 0 atom stereocenters. The van der Waals surface area contributed by atoms with E-state index in [0.717, 1.165) is 21.5 Å². The summed E-state index contributed by atoms with van der Waals surface area (Å²) in [5.74, 6) is 0.227. The average Bonchev–Trinajstić information content (AvgIpc) is 2.61. The zero-order chi connectivity index (χ0) is 19.6. The van der Waals surface area contributed by atoms with Gasteiger partial charge in [0.2, 0.25) is 5.91 Å². The van der Waals surface area contributed by atoms with Gasteiger partial charge in [-0.25, -0.2) is 4.98 Å². The fourth-order valence-corrected chi connectivity index (χ4v) is 3.92. The van der Waals surface area contributed by atoms with Crippen molar-refractivity contribution < 1.29 is 9.59 Å². The van der Waals surface area contributed by atoms with Crippen molar-refractivity contribution in [2.45, 2.75) is 32.7 Å². The van der Waals surface area contributed by atoms with E-state index in [-0.39, 0.29) is 11.7 Å². The summed E-state index contributed by atoms with van der Waals surface area (Å²) in [6.07, 6.45) is 0. The van der Waals surface area contributed by atoms with Crippen LogP contribution in [0.5, 0.6) is 0 Å². The quantitative estimate of drug-likeness (QED) is 0.496. The van der Waals surface area contributed by atoms with Gasteiger partial charge in [-0.2, -0.15) is 0 Å². The van der Waals surface area contributed by atoms with Crippen molar-refractivity contribution in [3.05, 3.63) is 64.7 Å². The molecule has 1 N–H and O–H groups in total. The van der Waals surface area contributed by atoms with Crippen LogP contribution in [0.1, 0.15) is 34.0 Å². The number of rotatable bonds is 5. The highest BCUT2D eigenvalue weighted by Crippen LogP contribution is 2.27. The molecule has 0 radical (unpaired) electrons. The van der Waals surface area contributed by atoms with Crippen molar-refractivity contribution in [1.82, 2.24) is 4.98 Å². The number of amides is 1. The molecule has 0 saturated heterocycles. The molecule has 2 aromatic carbocycles. The SMILES string of the molecule is CC(=O)Nc1ccc(C(=O)CSc2cc(C)c3cc(C)cc(C)c3n2)cc1. The number of thioether (sulfide) groups is 1. The first-order valence-electron chi connectivity index (χ1n) is 8.76. The number of aromatic nitrogens is 1. The molecule has 0 aliphatic heterocycles. The first-order chi connectivity index (χ1) is 12.8. The molecular formula is C22H22N2O2S. The predicted molar refractivity (Wildman–Crippen MR) is 112 cm³/mol. The maximum Gasteiger partial charge on any atom is 0.221 e. The Kier molecular flexibility index (Phi) is 5.61. The number of fused-ring (bicyclic) bond motifs is 1. The number of nitrogens with zero attached hydrogens (tertiary/aromatic N) is 1. The summed E-state index contributed by atoms with van der Waals surface area (Å²) in [6, 6.07) is 13.3. The molecular weight excluding hydrogens is 356 g/mol. The molecule has 0 fully saturated rings. The number of ketones is 1. The van der Waals surface area contributed by atoms with Gasteiger partial charge in [-0.3, -0.25) is 9.59 Å². The third-order valence-corrected chi connectivity index (χ3v) is 5.22. The summed E-state index contributed by atoms with van der Waals surface area (Å²) >= 11 is 1.45. The molecule has 3 aromatic rings. The highest BCUT2D eigenvalue weighted by atomic mass is 32.2. The van der Waals surface area contributed by atoms with E-state index in [9.17, 15) is 9.59 Å². The molecule has 1 aromatic heterocycles. The molecule has 0 aliphatic rings. The number of carbonyl (C=O) groups is 2.